The third-order valence-corrected chi connectivity index (χ3v) is 5.68. The van der Waals surface area contributed by atoms with Crippen LogP contribution in [-0.2, 0) is 14.3 Å². The van der Waals surface area contributed by atoms with E-state index in [9.17, 15) is 14.7 Å². The monoisotopic (exact) mass is 306 g/mol. The molecule has 3 fully saturated rings. The Morgan fingerprint density at radius 3 is 2.59 bits per heavy atom. The molecule has 3 rings (SSSR count). The van der Waals surface area contributed by atoms with Crippen LogP contribution < -0.4 is 0 Å². The summed E-state index contributed by atoms with van der Waals surface area (Å²) in [5.41, 5.74) is 0. The van der Waals surface area contributed by atoms with E-state index in [4.69, 9.17) is 4.74 Å². The fourth-order valence-electron chi connectivity index (χ4n) is 4.13. The van der Waals surface area contributed by atoms with Gasteiger partial charge in [-0.1, -0.05) is 6.08 Å². The number of allylic oxidation sites excluding steroid dienone is 1. The van der Waals surface area contributed by atoms with Gasteiger partial charge in [-0.25, -0.2) is 0 Å². The number of carbonyl (C=O) groups is 2. The van der Waals surface area contributed by atoms with Crippen LogP contribution in [0.2, 0.25) is 0 Å². The number of aliphatic carboxylic acids is 1. The molecule has 22 heavy (non-hydrogen) atoms. The minimum atomic E-state index is -0.832. The number of esters is 1. The molecule has 3 saturated carbocycles. The van der Waals surface area contributed by atoms with E-state index in [-0.39, 0.29) is 24.4 Å². The van der Waals surface area contributed by atoms with Gasteiger partial charge in [0.05, 0.1) is 12.3 Å². The lowest BCUT2D eigenvalue weighted by Gasteiger charge is -2.20. The van der Waals surface area contributed by atoms with Gasteiger partial charge in [0.1, 0.15) is 6.10 Å². The van der Waals surface area contributed by atoms with E-state index >= 15 is 0 Å². The molecule has 3 aliphatic carbocycles. The molecule has 0 heterocycles. The van der Waals surface area contributed by atoms with Crippen molar-refractivity contribution in [1.29, 1.82) is 0 Å². The summed E-state index contributed by atoms with van der Waals surface area (Å²) < 4.78 is 5.45. The number of unbranched alkanes of at least 4 members (excludes halogenated alkanes) is 1. The first-order valence-corrected chi connectivity index (χ1v) is 8.61. The van der Waals surface area contributed by atoms with Crippen LogP contribution in [0, 0.1) is 29.6 Å². The summed E-state index contributed by atoms with van der Waals surface area (Å²) in [5.74, 6) is 0.438. The topological polar surface area (TPSA) is 63.6 Å². The Morgan fingerprint density at radius 1 is 1.23 bits per heavy atom. The number of carboxylic acid groups (broad SMARTS) is 1. The van der Waals surface area contributed by atoms with Crippen LogP contribution in [0.4, 0.5) is 0 Å². The molecule has 3 aliphatic rings. The predicted octanol–water partition coefficient (Wildman–Crippen LogP) is 3.41. The van der Waals surface area contributed by atoms with Crippen molar-refractivity contribution in [1.82, 2.24) is 0 Å². The quantitative estimate of drug-likeness (QED) is 0.403. The van der Waals surface area contributed by atoms with E-state index < -0.39 is 11.9 Å². The number of fused-ring (bicyclic) bond motifs is 1. The van der Waals surface area contributed by atoms with Crippen molar-refractivity contribution in [3.8, 4) is 0 Å². The molecule has 0 saturated heterocycles. The first kappa shape index (κ1) is 15.6. The van der Waals surface area contributed by atoms with Crippen molar-refractivity contribution in [2.45, 2.75) is 57.5 Å². The second kappa shape index (κ2) is 6.43. The molecular formula is C18H26O4. The molecule has 0 aromatic rings. The van der Waals surface area contributed by atoms with Crippen LogP contribution >= 0.6 is 0 Å². The number of carboxylic acids is 1. The predicted molar refractivity (Wildman–Crippen MR) is 82.1 cm³/mol. The molecule has 6 atom stereocenters. The van der Waals surface area contributed by atoms with Crippen molar-refractivity contribution >= 4 is 11.9 Å². The lowest BCUT2D eigenvalue weighted by molar-refractivity contribution is -0.154. The largest absolute Gasteiger partial charge is 0.481 e. The molecule has 2 unspecified atom stereocenters. The Kier molecular flexibility index (Phi) is 4.55. The van der Waals surface area contributed by atoms with Gasteiger partial charge in [0.25, 0.3) is 0 Å². The van der Waals surface area contributed by atoms with Crippen molar-refractivity contribution in [2.75, 3.05) is 0 Å². The fraction of sp³-hybridized carbons (Fsp3) is 0.778. The summed E-state index contributed by atoms with van der Waals surface area (Å²) in [7, 11) is 0. The average Bonchev–Trinajstić information content (AvgIpc) is 3.35. The van der Waals surface area contributed by atoms with E-state index in [0.29, 0.717) is 5.92 Å². The van der Waals surface area contributed by atoms with Gasteiger partial charge in [0.2, 0.25) is 0 Å². The smallest absolute Gasteiger partial charge is 0.307 e. The van der Waals surface area contributed by atoms with Gasteiger partial charge in [-0.15, -0.1) is 6.58 Å². The molecule has 122 valence electrons. The Hall–Kier alpha value is -1.32. The zero-order valence-electron chi connectivity index (χ0n) is 13.1. The zero-order valence-corrected chi connectivity index (χ0v) is 13.1. The highest BCUT2D eigenvalue weighted by atomic mass is 16.5. The fourth-order valence-corrected chi connectivity index (χ4v) is 4.13. The standard InChI is InChI=1S/C18H26O4/c1-2-3-4-5-11-9-16(11)22-17(19)10-15(18(20)21)14-7-12-6-13(12)8-14/h2,11-16H,1,3-10H2,(H,20,21)/t11-,12-,13+,14?,15?,16-/m1/s1. The van der Waals surface area contributed by atoms with Crippen LogP contribution in [0.15, 0.2) is 12.7 Å². The summed E-state index contributed by atoms with van der Waals surface area (Å²) >= 11 is 0. The highest BCUT2D eigenvalue weighted by Crippen LogP contribution is 2.56. The molecule has 0 aromatic heterocycles. The van der Waals surface area contributed by atoms with Crippen molar-refractivity contribution in [3.05, 3.63) is 12.7 Å². The second-order valence-corrected chi connectivity index (χ2v) is 7.38. The molecule has 0 aliphatic heterocycles. The lowest BCUT2D eigenvalue weighted by atomic mass is 9.86. The van der Waals surface area contributed by atoms with Gasteiger partial charge < -0.3 is 9.84 Å². The molecule has 0 bridgehead atoms. The van der Waals surface area contributed by atoms with E-state index in [1.54, 1.807) is 0 Å². The van der Waals surface area contributed by atoms with Crippen LogP contribution in [0.1, 0.15) is 51.4 Å². The number of ether oxygens (including phenoxy) is 1. The van der Waals surface area contributed by atoms with Crippen molar-refractivity contribution in [3.63, 3.8) is 0 Å². The van der Waals surface area contributed by atoms with Crippen LogP contribution in [0.25, 0.3) is 0 Å². The summed E-state index contributed by atoms with van der Waals surface area (Å²) in [4.78, 5) is 23.5. The Labute approximate surface area is 131 Å². The first-order valence-electron chi connectivity index (χ1n) is 8.61. The SMILES string of the molecule is C=CCCC[C@@H]1C[C@H]1OC(=O)CC(C(=O)O)C1C[C@@H]2C[C@@H]2C1. The number of hydrogen-bond donors (Lipinski definition) is 1. The van der Waals surface area contributed by atoms with Crippen molar-refractivity contribution < 1.29 is 19.4 Å². The minimum Gasteiger partial charge on any atom is -0.481 e. The molecule has 4 nitrogen and oxygen atoms in total. The summed E-state index contributed by atoms with van der Waals surface area (Å²) in [6.07, 6.45) is 9.33. The molecule has 0 radical (unpaired) electrons. The van der Waals surface area contributed by atoms with Gasteiger partial charge in [-0.2, -0.15) is 0 Å². The lowest BCUT2D eigenvalue weighted by Crippen LogP contribution is -2.27. The summed E-state index contributed by atoms with van der Waals surface area (Å²) in [6, 6.07) is 0. The van der Waals surface area contributed by atoms with Gasteiger partial charge in [0, 0.05) is 0 Å². The van der Waals surface area contributed by atoms with E-state index in [0.717, 1.165) is 50.4 Å². The maximum absolute atomic E-state index is 12.0. The second-order valence-electron chi connectivity index (χ2n) is 7.38. The summed E-state index contributed by atoms with van der Waals surface area (Å²) in [6.45, 7) is 3.70. The highest BCUT2D eigenvalue weighted by Gasteiger charge is 2.50. The summed E-state index contributed by atoms with van der Waals surface area (Å²) in [5, 5.41) is 9.41. The molecule has 4 heteroatoms. The Balaban J connectivity index is 1.40. The molecular weight excluding hydrogens is 280 g/mol. The third kappa shape index (κ3) is 3.71. The maximum atomic E-state index is 12.0. The van der Waals surface area contributed by atoms with Gasteiger partial charge in [-0.3, -0.25) is 9.59 Å². The number of rotatable bonds is 9. The van der Waals surface area contributed by atoms with E-state index in [2.05, 4.69) is 6.58 Å². The number of carbonyl (C=O) groups excluding carboxylic acids is 1. The zero-order chi connectivity index (χ0) is 15.7. The molecule has 1 N–H and O–H groups in total. The molecule has 0 amide bonds. The Morgan fingerprint density at radius 2 is 1.95 bits per heavy atom. The van der Waals surface area contributed by atoms with E-state index in [1.165, 1.54) is 6.42 Å². The third-order valence-electron chi connectivity index (χ3n) is 5.68. The molecule has 0 spiro atoms. The normalized spacial score (nSPS) is 36.3. The van der Waals surface area contributed by atoms with Gasteiger partial charge in [0.15, 0.2) is 0 Å². The van der Waals surface area contributed by atoms with Crippen LogP contribution in [0.3, 0.4) is 0 Å². The van der Waals surface area contributed by atoms with Crippen LogP contribution in [-0.4, -0.2) is 23.1 Å². The minimum absolute atomic E-state index is 0.0312. The van der Waals surface area contributed by atoms with Crippen molar-refractivity contribution in [2.24, 2.45) is 29.6 Å². The highest BCUT2D eigenvalue weighted by molar-refractivity contribution is 5.79. The number of hydrogen-bond acceptors (Lipinski definition) is 3. The van der Waals surface area contributed by atoms with Crippen LogP contribution in [0.5, 0.6) is 0 Å². The Bertz CT molecular complexity index is 448. The maximum Gasteiger partial charge on any atom is 0.307 e. The molecule has 0 aromatic carbocycles. The van der Waals surface area contributed by atoms with E-state index in [1.807, 2.05) is 6.08 Å². The first-order chi connectivity index (χ1) is 10.6. The average molecular weight is 306 g/mol. The van der Waals surface area contributed by atoms with Gasteiger partial charge >= 0.3 is 11.9 Å². The van der Waals surface area contributed by atoms with Gasteiger partial charge in [-0.05, 0) is 68.6 Å².